The minimum Gasteiger partial charge on any atom is -0.490 e. The zero-order valence-corrected chi connectivity index (χ0v) is 12.2. The van der Waals surface area contributed by atoms with Gasteiger partial charge in [0.2, 0.25) is 0 Å². The summed E-state index contributed by atoms with van der Waals surface area (Å²) < 4.78 is 11.0. The molecule has 0 spiro atoms. The molecule has 0 aromatic heterocycles. The summed E-state index contributed by atoms with van der Waals surface area (Å²) in [6.45, 7) is 7.13. The molecule has 0 amide bonds. The molecular weight excluding hydrogens is 238 g/mol. The predicted octanol–water partition coefficient (Wildman–Crippen LogP) is 2.56. The molecule has 1 aromatic carbocycles. The van der Waals surface area contributed by atoms with Crippen molar-refractivity contribution in [3.05, 3.63) is 29.3 Å². The first-order valence-electron chi connectivity index (χ1n) is 7.15. The van der Waals surface area contributed by atoms with Crippen molar-refractivity contribution in [2.45, 2.75) is 32.8 Å². The summed E-state index contributed by atoms with van der Waals surface area (Å²) in [7, 11) is 1.73. The standard InChI is InChI=1S/C16H25NO2/c1-12-4-5-16-14(8-12)10-15(19-16)9-13(2)11-17-6-7-18-3/h4-5,8,13,15,17H,6-7,9-11H2,1-3H3. The molecule has 1 heterocycles. The third-order valence-corrected chi connectivity index (χ3v) is 3.60. The molecule has 0 aliphatic carbocycles. The van der Waals surface area contributed by atoms with Crippen LogP contribution in [0.1, 0.15) is 24.5 Å². The first-order chi connectivity index (χ1) is 9.19. The lowest BCUT2D eigenvalue weighted by Crippen LogP contribution is -2.28. The summed E-state index contributed by atoms with van der Waals surface area (Å²) in [5.74, 6) is 1.70. The van der Waals surface area contributed by atoms with Crippen LogP contribution in [0, 0.1) is 12.8 Å². The Kier molecular flexibility index (Phi) is 5.23. The molecule has 19 heavy (non-hydrogen) atoms. The smallest absolute Gasteiger partial charge is 0.123 e. The van der Waals surface area contributed by atoms with Gasteiger partial charge in [0.25, 0.3) is 0 Å². The van der Waals surface area contributed by atoms with Crippen LogP contribution in [0.5, 0.6) is 5.75 Å². The fourth-order valence-corrected chi connectivity index (χ4v) is 2.64. The molecule has 0 bridgehead atoms. The predicted molar refractivity (Wildman–Crippen MR) is 77.8 cm³/mol. The van der Waals surface area contributed by atoms with E-state index in [2.05, 4.69) is 37.4 Å². The molecule has 2 rings (SSSR count). The maximum absolute atomic E-state index is 6.01. The average molecular weight is 263 g/mol. The third-order valence-electron chi connectivity index (χ3n) is 3.60. The van der Waals surface area contributed by atoms with E-state index in [9.17, 15) is 0 Å². The zero-order chi connectivity index (χ0) is 13.7. The van der Waals surface area contributed by atoms with Gasteiger partial charge in [-0.3, -0.25) is 0 Å². The maximum Gasteiger partial charge on any atom is 0.123 e. The molecular formula is C16H25NO2. The highest BCUT2D eigenvalue weighted by atomic mass is 16.5. The number of hydrogen-bond donors (Lipinski definition) is 1. The molecule has 2 atom stereocenters. The van der Waals surface area contributed by atoms with Crippen LogP contribution in [0.15, 0.2) is 18.2 Å². The van der Waals surface area contributed by atoms with Gasteiger partial charge in [-0.05, 0) is 37.4 Å². The molecule has 1 aromatic rings. The second kappa shape index (κ2) is 6.92. The monoisotopic (exact) mass is 263 g/mol. The summed E-state index contributed by atoms with van der Waals surface area (Å²) in [5, 5.41) is 3.41. The Labute approximate surface area is 116 Å². The van der Waals surface area contributed by atoms with E-state index < -0.39 is 0 Å². The fourth-order valence-electron chi connectivity index (χ4n) is 2.64. The molecule has 0 saturated carbocycles. The Morgan fingerprint density at radius 2 is 2.32 bits per heavy atom. The average Bonchev–Trinajstić information content (AvgIpc) is 2.76. The van der Waals surface area contributed by atoms with Gasteiger partial charge in [0.1, 0.15) is 11.9 Å². The van der Waals surface area contributed by atoms with Crippen molar-refractivity contribution in [2.24, 2.45) is 5.92 Å². The van der Waals surface area contributed by atoms with Crippen LogP contribution in [-0.2, 0) is 11.2 Å². The molecule has 0 radical (unpaired) electrons. The Balaban J connectivity index is 1.74. The van der Waals surface area contributed by atoms with Gasteiger partial charge in [-0.2, -0.15) is 0 Å². The van der Waals surface area contributed by atoms with Crippen molar-refractivity contribution in [2.75, 3.05) is 26.8 Å². The third kappa shape index (κ3) is 4.22. The Morgan fingerprint density at radius 3 is 3.11 bits per heavy atom. The Morgan fingerprint density at radius 1 is 1.47 bits per heavy atom. The van der Waals surface area contributed by atoms with Crippen molar-refractivity contribution in [3.63, 3.8) is 0 Å². The van der Waals surface area contributed by atoms with Crippen molar-refractivity contribution in [3.8, 4) is 5.75 Å². The van der Waals surface area contributed by atoms with Gasteiger partial charge in [0, 0.05) is 20.1 Å². The van der Waals surface area contributed by atoms with E-state index in [4.69, 9.17) is 9.47 Å². The van der Waals surface area contributed by atoms with Gasteiger partial charge >= 0.3 is 0 Å². The zero-order valence-electron chi connectivity index (χ0n) is 12.2. The van der Waals surface area contributed by atoms with Crippen molar-refractivity contribution >= 4 is 0 Å². The number of methoxy groups -OCH3 is 1. The van der Waals surface area contributed by atoms with E-state index in [1.54, 1.807) is 7.11 Å². The van der Waals surface area contributed by atoms with E-state index >= 15 is 0 Å². The number of ether oxygens (including phenoxy) is 2. The van der Waals surface area contributed by atoms with Gasteiger partial charge in [0.05, 0.1) is 6.61 Å². The number of aryl methyl sites for hydroxylation is 1. The van der Waals surface area contributed by atoms with Gasteiger partial charge in [0.15, 0.2) is 0 Å². The van der Waals surface area contributed by atoms with Crippen LogP contribution >= 0.6 is 0 Å². The molecule has 1 aliphatic rings. The highest BCUT2D eigenvalue weighted by Crippen LogP contribution is 2.31. The van der Waals surface area contributed by atoms with Gasteiger partial charge in [-0.1, -0.05) is 24.6 Å². The van der Waals surface area contributed by atoms with Crippen LogP contribution in [-0.4, -0.2) is 32.9 Å². The molecule has 1 N–H and O–H groups in total. The summed E-state index contributed by atoms with van der Waals surface area (Å²) in [5.41, 5.74) is 2.68. The van der Waals surface area contributed by atoms with Crippen LogP contribution in [0.25, 0.3) is 0 Å². The molecule has 2 unspecified atom stereocenters. The van der Waals surface area contributed by atoms with E-state index in [0.29, 0.717) is 12.0 Å². The second-order valence-corrected chi connectivity index (χ2v) is 5.59. The molecule has 106 valence electrons. The normalized spacial score (nSPS) is 19.0. The quantitative estimate of drug-likeness (QED) is 0.767. The first-order valence-corrected chi connectivity index (χ1v) is 7.15. The lowest BCUT2D eigenvalue weighted by molar-refractivity contribution is 0.186. The SMILES string of the molecule is COCCNCC(C)CC1Cc2cc(C)ccc2O1. The van der Waals surface area contributed by atoms with E-state index in [0.717, 1.165) is 38.3 Å². The fraction of sp³-hybridized carbons (Fsp3) is 0.625. The van der Waals surface area contributed by atoms with Crippen molar-refractivity contribution in [1.82, 2.24) is 5.32 Å². The number of fused-ring (bicyclic) bond motifs is 1. The highest BCUT2D eigenvalue weighted by molar-refractivity contribution is 5.40. The van der Waals surface area contributed by atoms with Crippen LogP contribution in [0.4, 0.5) is 0 Å². The second-order valence-electron chi connectivity index (χ2n) is 5.59. The van der Waals surface area contributed by atoms with E-state index in [1.807, 2.05) is 0 Å². The highest BCUT2D eigenvalue weighted by Gasteiger charge is 2.24. The summed E-state index contributed by atoms with van der Waals surface area (Å²) in [6.07, 6.45) is 2.50. The molecule has 0 saturated heterocycles. The van der Waals surface area contributed by atoms with Crippen molar-refractivity contribution in [1.29, 1.82) is 0 Å². The minimum atomic E-state index is 0.344. The number of hydrogen-bond acceptors (Lipinski definition) is 3. The van der Waals surface area contributed by atoms with Crippen molar-refractivity contribution < 1.29 is 9.47 Å². The van der Waals surface area contributed by atoms with Gasteiger partial charge < -0.3 is 14.8 Å². The summed E-state index contributed by atoms with van der Waals surface area (Å²) in [4.78, 5) is 0. The minimum absolute atomic E-state index is 0.344. The molecule has 3 heteroatoms. The van der Waals surface area contributed by atoms with Crippen LogP contribution in [0.2, 0.25) is 0 Å². The van der Waals surface area contributed by atoms with Gasteiger partial charge in [-0.25, -0.2) is 0 Å². The number of rotatable bonds is 7. The maximum atomic E-state index is 6.01. The van der Waals surface area contributed by atoms with Crippen LogP contribution < -0.4 is 10.1 Å². The van der Waals surface area contributed by atoms with E-state index in [-0.39, 0.29) is 0 Å². The molecule has 0 fully saturated rings. The lowest BCUT2D eigenvalue weighted by Gasteiger charge is -2.17. The molecule has 3 nitrogen and oxygen atoms in total. The van der Waals surface area contributed by atoms with Gasteiger partial charge in [-0.15, -0.1) is 0 Å². The summed E-state index contributed by atoms with van der Waals surface area (Å²) >= 11 is 0. The number of benzene rings is 1. The Bertz CT molecular complexity index is 406. The van der Waals surface area contributed by atoms with E-state index in [1.165, 1.54) is 11.1 Å². The molecule has 1 aliphatic heterocycles. The lowest BCUT2D eigenvalue weighted by atomic mass is 9.99. The first kappa shape index (κ1) is 14.4. The Hall–Kier alpha value is -1.06. The largest absolute Gasteiger partial charge is 0.490 e. The number of nitrogens with one attached hydrogen (secondary N) is 1. The van der Waals surface area contributed by atoms with Crippen LogP contribution in [0.3, 0.4) is 0 Å². The topological polar surface area (TPSA) is 30.5 Å². The summed E-state index contributed by atoms with van der Waals surface area (Å²) in [6, 6.07) is 6.47.